The Kier molecular flexibility index (Phi) is 6.09. The third-order valence-corrected chi connectivity index (χ3v) is 7.19. The van der Waals surface area contributed by atoms with Gasteiger partial charge in [0.05, 0.1) is 12.1 Å². The zero-order valence-corrected chi connectivity index (χ0v) is 18.2. The van der Waals surface area contributed by atoms with Crippen molar-refractivity contribution in [2.45, 2.75) is 26.2 Å². The number of nitrogens with one attached hydrogen (secondary N) is 1. The number of halogens is 1. The van der Waals surface area contributed by atoms with E-state index in [1.54, 1.807) is 11.3 Å². The molecule has 0 radical (unpaired) electrons. The van der Waals surface area contributed by atoms with E-state index < -0.39 is 0 Å². The maximum absolute atomic E-state index is 12.6. The number of nitrogens with zero attached hydrogens (tertiary/aromatic N) is 3. The lowest BCUT2D eigenvalue weighted by Crippen LogP contribution is -2.48. The number of benzene rings is 1. The Morgan fingerprint density at radius 2 is 2.14 bits per heavy atom. The number of piperazine rings is 1. The standard InChI is InChI=1S/C22H25ClN4OS/c1-15-5-6-18-19(13-24)22(29-20(18)11-15)25-21(28)14-26-7-9-27(10-8-26)17-4-2-3-16(23)12-17/h2-4,12,15H,5-11,14H2,1H3,(H,25,28). The van der Waals surface area contributed by atoms with Gasteiger partial charge in [-0.05, 0) is 48.9 Å². The van der Waals surface area contributed by atoms with E-state index >= 15 is 0 Å². The molecule has 4 rings (SSSR count). The summed E-state index contributed by atoms with van der Waals surface area (Å²) < 4.78 is 0. The van der Waals surface area contributed by atoms with E-state index in [4.69, 9.17) is 11.6 Å². The van der Waals surface area contributed by atoms with Crippen LogP contribution in [-0.4, -0.2) is 43.5 Å². The van der Waals surface area contributed by atoms with E-state index in [2.05, 4.69) is 34.2 Å². The van der Waals surface area contributed by atoms with Crippen molar-refractivity contribution in [2.24, 2.45) is 5.92 Å². The van der Waals surface area contributed by atoms with E-state index in [0.717, 1.165) is 66.7 Å². The third kappa shape index (κ3) is 4.58. The van der Waals surface area contributed by atoms with Crippen LogP contribution in [-0.2, 0) is 17.6 Å². The van der Waals surface area contributed by atoms with Crippen molar-refractivity contribution < 1.29 is 4.79 Å². The summed E-state index contributed by atoms with van der Waals surface area (Å²) in [6, 6.07) is 10.2. The molecule has 152 valence electrons. The molecule has 1 N–H and O–H groups in total. The molecule has 1 unspecified atom stereocenters. The van der Waals surface area contributed by atoms with E-state index in [9.17, 15) is 10.1 Å². The van der Waals surface area contributed by atoms with Crippen LogP contribution in [0.25, 0.3) is 0 Å². The van der Waals surface area contributed by atoms with Gasteiger partial charge in [0.25, 0.3) is 0 Å². The van der Waals surface area contributed by atoms with Gasteiger partial charge in [-0.2, -0.15) is 5.26 Å². The molecule has 1 aromatic heterocycles. The number of nitriles is 1. The fourth-order valence-electron chi connectivity index (χ4n) is 4.16. The van der Waals surface area contributed by atoms with E-state index in [1.807, 2.05) is 18.2 Å². The normalized spacial score (nSPS) is 19.5. The van der Waals surface area contributed by atoms with Crippen LogP contribution in [0.2, 0.25) is 5.02 Å². The highest BCUT2D eigenvalue weighted by Gasteiger charge is 2.25. The number of fused-ring (bicyclic) bond motifs is 1. The first kappa shape index (κ1) is 20.2. The molecular formula is C22H25ClN4OS. The maximum atomic E-state index is 12.6. The predicted molar refractivity (Wildman–Crippen MR) is 119 cm³/mol. The molecule has 5 nitrogen and oxygen atoms in total. The molecule has 0 bridgehead atoms. The second kappa shape index (κ2) is 8.74. The lowest BCUT2D eigenvalue weighted by atomic mass is 9.89. The number of amides is 1. The van der Waals surface area contributed by atoms with Crippen molar-refractivity contribution in [3.8, 4) is 6.07 Å². The molecule has 2 heterocycles. The second-order valence-electron chi connectivity index (χ2n) is 7.96. The summed E-state index contributed by atoms with van der Waals surface area (Å²) in [5, 5.41) is 14.1. The quantitative estimate of drug-likeness (QED) is 0.794. The van der Waals surface area contributed by atoms with Crippen molar-refractivity contribution in [3.63, 3.8) is 0 Å². The number of rotatable bonds is 4. The van der Waals surface area contributed by atoms with Crippen molar-refractivity contribution in [1.29, 1.82) is 5.26 Å². The molecule has 0 saturated carbocycles. The van der Waals surface area contributed by atoms with E-state index in [1.165, 1.54) is 4.88 Å². The van der Waals surface area contributed by atoms with Crippen LogP contribution in [0, 0.1) is 17.2 Å². The Bertz CT molecular complexity index is 943. The van der Waals surface area contributed by atoms with Crippen molar-refractivity contribution in [3.05, 3.63) is 45.3 Å². The number of carbonyl (C=O) groups is 1. The fourth-order valence-corrected chi connectivity index (χ4v) is 5.73. The molecule has 1 atom stereocenters. The van der Waals surface area contributed by atoms with Crippen LogP contribution in [0.5, 0.6) is 0 Å². The van der Waals surface area contributed by atoms with Crippen LogP contribution in [0.15, 0.2) is 24.3 Å². The second-order valence-corrected chi connectivity index (χ2v) is 9.50. The molecule has 1 aliphatic carbocycles. The topological polar surface area (TPSA) is 59.4 Å². The minimum absolute atomic E-state index is 0.0376. The van der Waals surface area contributed by atoms with Gasteiger partial charge in [0.15, 0.2) is 0 Å². The van der Waals surface area contributed by atoms with Crippen molar-refractivity contribution in [2.75, 3.05) is 42.9 Å². The van der Waals surface area contributed by atoms with Gasteiger partial charge in [-0.15, -0.1) is 11.3 Å². The van der Waals surface area contributed by atoms with Crippen LogP contribution in [0.3, 0.4) is 0 Å². The van der Waals surface area contributed by atoms with Gasteiger partial charge in [-0.25, -0.2) is 0 Å². The molecule has 1 saturated heterocycles. The molecule has 1 fully saturated rings. The zero-order chi connectivity index (χ0) is 20.4. The highest BCUT2D eigenvalue weighted by atomic mass is 35.5. The van der Waals surface area contributed by atoms with Gasteiger partial charge >= 0.3 is 0 Å². The summed E-state index contributed by atoms with van der Waals surface area (Å²) >= 11 is 7.68. The first-order valence-corrected chi connectivity index (χ1v) is 11.3. The third-order valence-electron chi connectivity index (χ3n) is 5.79. The van der Waals surface area contributed by atoms with Crippen molar-refractivity contribution >= 4 is 39.5 Å². The van der Waals surface area contributed by atoms with E-state index in [-0.39, 0.29) is 5.91 Å². The van der Waals surface area contributed by atoms with E-state index in [0.29, 0.717) is 18.0 Å². The Balaban J connectivity index is 1.34. The Labute approximate surface area is 180 Å². The minimum atomic E-state index is -0.0376. The maximum Gasteiger partial charge on any atom is 0.239 e. The number of carbonyl (C=O) groups excluding carboxylic acids is 1. The summed E-state index contributed by atoms with van der Waals surface area (Å²) in [7, 11) is 0. The summed E-state index contributed by atoms with van der Waals surface area (Å²) in [6.45, 7) is 5.97. The molecule has 1 amide bonds. The molecule has 29 heavy (non-hydrogen) atoms. The summed E-state index contributed by atoms with van der Waals surface area (Å²) in [5.41, 5.74) is 2.95. The van der Waals surface area contributed by atoms with Gasteiger partial charge < -0.3 is 10.2 Å². The Hall–Kier alpha value is -2.07. The van der Waals surface area contributed by atoms with Crippen LogP contribution >= 0.6 is 22.9 Å². The number of thiophene rings is 1. The lowest BCUT2D eigenvalue weighted by Gasteiger charge is -2.35. The molecule has 7 heteroatoms. The first-order valence-electron chi connectivity index (χ1n) is 10.1. The molecule has 2 aliphatic rings. The van der Waals surface area contributed by atoms with Crippen LogP contribution in [0.4, 0.5) is 10.7 Å². The summed E-state index contributed by atoms with van der Waals surface area (Å²) in [4.78, 5) is 18.4. The molecule has 1 aromatic carbocycles. The monoisotopic (exact) mass is 428 g/mol. The minimum Gasteiger partial charge on any atom is -0.369 e. The van der Waals surface area contributed by atoms with Crippen LogP contribution in [0.1, 0.15) is 29.3 Å². The molecule has 1 aliphatic heterocycles. The fraction of sp³-hybridized carbons (Fsp3) is 0.455. The molecule has 0 spiro atoms. The predicted octanol–water partition coefficient (Wildman–Crippen LogP) is 4.16. The average Bonchev–Trinajstić information content (AvgIpc) is 3.04. The van der Waals surface area contributed by atoms with Gasteiger partial charge in [0, 0.05) is 41.8 Å². The largest absolute Gasteiger partial charge is 0.369 e. The van der Waals surface area contributed by atoms with Crippen molar-refractivity contribution in [1.82, 2.24) is 4.90 Å². The average molecular weight is 429 g/mol. The molecule has 2 aromatic rings. The van der Waals surface area contributed by atoms with Gasteiger partial charge in [-0.1, -0.05) is 24.6 Å². The SMILES string of the molecule is CC1CCc2c(sc(NC(=O)CN3CCN(c4cccc(Cl)c4)CC3)c2C#N)C1. The highest BCUT2D eigenvalue weighted by molar-refractivity contribution is 7.16. The first-order chi connectivity index (χ1) is 14.0. The van der Waals surface area contributed by atoms with Gasteiger partial charge in [-0.3, -0.25) is 9.69 Å². The highest BCUT2D eigenvalue weighted by Crippen LogP contribution is 2.39. The summed E-state index contributed by atoms with van der Waals surface area (Å²) in [6.07, 6.45) is 3.07. The number of hydrogen-bond donors (Lipinski definition) is 1. The lowest BCUT2D eigenvalue weighted by molar-refractivity contribution is -0.117. The summed E-state index contributed by atoms with van der Waals surface area (Å²) in [5.74, 6) is 0.608. The van der Waals surface area contributed by atoms with Gasteiger partial charge in [0.2, 0.25) is 5.91 Å². The number of hydrogen-bond acceptors (Lipinski definition) is 5. The van der Waals surface area contributed by atoms with Gasteiger partial charge in [0.1, 0.15) is 11.1 Å². The Morgan fingerprint density at radius 3 is 2.86 bits per heavy atom. The smallest absolute Gasteiger partial charge is 0.239 e. The number of anilines is 2. The van der Waals surface area contributed by atoms with Crippen LogP contribution < -0.4 is 10.2 Å². The zero-order valence-electron chi connectivity index (χ0n) is 16.6. The molecular weight excluding hydrogens is 404 g/mol. The Morgan fingerprint density at radius 1 is 1.34 bits per heavy atom.